The molecule has 0 aliphatic carbocycles. The summed E-state index contributed by atoms with van der Waals surface area (Å²) in [5.41, 5.74) is 7.83. The van der Waals surface area contributed by atoms with Gasteiger partial charge in [-0.05, 0) is 24.6 Å². The van der Waals surface area contributed by atoms with Crippen LogP contribution in [0.3, 0.4) is 0 Å². The van der Waals surface area contributed by atoms with Gasteiger partial charge in [-0.2, -0.15) is 0 Å². The quantitative estimate of drug-likeness (QED) is 0.889. The molecule has 1 heterocycles. The zero-order valence-corrected chi connectivity index (χ0v) is 12.8. The second kappa shape index (κ2) is 6.11. The first kappa shape index (κ1) is 15.3. The molecule has 0 radical (unpaired) electrons. The number of ether oxygens (including phenoxy) is 1. The van der Waals surface area contributed by atoms with Crippen LogP contribution in [0.25, 0.3) is 0 Å². The summed E-state index contributed by atoms with van der Waals surface area (Å²) in [5, 5.41) is 0. The van der Waals surface area contributed by atoms with Crippen LogP contribution in [0.1, 0.15) is 18.1 Å². The monoisotopic (exact) mass is 298 g/mol. The predicted octanol–water partition coefficient (Wildman–Crippen LogP) is 0.773. The Morgan fingerprint density at radius 2 is 2.20 bits per heavy atom. The van der Waals surface area contributed by atoms with Crippen molar-refractivity contribution < 1.29 is 13.2 Å². The highest BCUT2D eigenvalue weighted by Gasteiger charge is 2.27. The third-order valence-corrected chi connectivity index (χ3v) is 5.55. The third kappa shape index (κ3) is 3.50. The van der Waals surface area contributed by atoms with E-state index in [1.54, 1.807) is 7.11 Å². The molecule has 1 saturated heterocycles. The topological polar surface area (TPSA) is 72.6 Å². The van der Waals surface area contributed by atoms with Crippen molar-refractivity contribution >= 4 is 9.84 Å². The van der Waals surface area contributed by atoms with E-state index in [2.05, 4.69) is 4.90 Å². The lowest BCUT2D eigenvalue weighted by Gasteiger charge is -2.33. The SMILES string of the molecule is COc1ccc(CN2CCS(=O)(=O)CC2C)cc1CN. The van der Waals surface area contributed by atoms with Crippen molar-refractivity contribution in [2.75, 3.05) is 25.2 Å². The zero-order chi connectivity index (χ0) is 14.8. The summed E-state index contributed by atoms with van der Waals surface area (Å²) in [4.78, 5) is 2.20. The second-order valence-electron chi connectivity index (χ2n) is 5.28. The van der Waals surface area contributed by atoms with E-state index in [0.717, 1.165) is 23.4 Å². The maximum Gasteiger partial charge on any atom is 0.153 e. The largest absolute Gasteiger partial charge is 0.496 e. The van der Waals surface area contributed by atoms with Gasteiger partial charge in [0.2, 0.25) is 0 Å². The van der Waals surface area contributed by atoms with Crippen LogP contribution in [0.5, 0.6) is 5.75 Å². The Kier molecular flexibility index (Phi) is 4.67. The van der Waals surface area contributed by atoms with Gasteiger partial charge in [-0.1, -0.05) is 6.07 Å². The van der Waals surface area contributed by atoms with E-state index in [1.807, 2.05) is 25.1 Å². The Labute approximate surface area is 120 Å². The summed E-state index contributed by atoms with van der Waals surface area (Å²) in [7, 11) is -1.23. The van der Waals surface area contributed by atoms with Crippen molar-refractivity contribution in [3.8, 4) is 5.75 Å². The lowest BCUT2D eigenvalue weighted by molar-refractivity contribution is 0.218. The van der Waals surface area contributed by atoms with Crippen LogP contribution in [0.2, 0.25) is 0 Å². The molecule has 2 rings (SSSR count). The minimum atomic E-state index is -2.86. The number of sulfone groups is 1. The Balaban J connectivity index is 2.10. The highest BCUT2D eigenvalue weighted by Crippen LogP contribution is 2.22. The number of nitrogens with zero attached hydrogens (tertiary/aromatic N) is 1. The molecule has 1 aliphatic heterocycles. The molecule has 1 aromatic rings. The van der Waals surface area contributed by atoms with Crippen molar-refractivity contribution in [3.05, 3.63) is 29.3 Å². The normalized spacial score (nSPS) is 22.6. The van der Waals surface area contributed by atoms with Crippen LogP contribution in [0.15, 0.2) is 18.2 Å². The summed E-state index contributed by atoms with van der Waals surface area (Å²) >= 11 is 0. The van der Waals surface area contributed by atoms with Crippen molar-refractivity contribution in [1.82, 2.24) is 4.90 Å². The zero-order valence-electron chi connectivity index (χ0n) is 12.0. The van der Waals surface area contributed by atoms with Crippen molar-refractivity contribution in [3.63, 3.8) is 0 Å². The average Bonchev–Trinajstić information content (AvgIpc) is 2.41. The highest BCUT2D eigenvalue weighted by molar-refractivity contribution is 7.91. The van der Waals surface area contributed by atoms with Gasteiger partial charge in [0.05, 0.1) is 18.6 Å². The lowest BCUT2D eigenvalue weighted by Crippen LogP contribution is -2.46. The molecular formula is C14H22N2O3S. The highest BCUT2D eigenvalue weighted by atomic mass is 32.2. The van der Waals surface area contributed by atoms with Crippen molar-refractivity contribution in [2.24, 2.45) is 5.73 Å². The molecule has 0 spiro atoms. The maximum atomic E-state index is 11.6. The van der Waals surface area contributed by atoms with Crippen LogP contribution >= 0.6 is 0 Å². The molecule has 1 fully saturated rings. The molecule has 1 aliphatic rings. The first-order chi connectivity index (χ1) is 9.45. The molecule has 6 heteroatoms. The Hall–Kier alpha value is -1.11. The minimum absolute atomic E-state index is 0.0529. The average molecular weight is 298 g/mol. The number of rotatable bonds is 4. The van der Waals surface area contributed by atoms with Gasteiger partial charge in [0.1, 0.15) is 5.75 Å². The van der Waals surface area contributed by atoms with E-state index in [0.29, 0.717) is 13.1 Å². The Morgan fingerprint density at radius 3 is 2.80 bits per heavy atom. The number of hydrogen-bond acceptors (Lipinski definition) is 5. The standard InChI is InChI=1S/C14H22N2O3S/c1-11-10-20(17,18)6-5-16(11)9-12-3-4-14(19-2)13(7-12)8-15/h3-4,7,11H,5-6,8-10,15H2,1-2H3. The van der Waals surface area contributed by atoms with E-state index in [4.69, 9.17) is 10.5 Å². The van der Waals surface area contributed by atoms with E-state index < -0.39 is 9.84 Å². The van der Waals surface area contributed by atoms with Gasteiger partial charge < -0.3 is 10.5 Å². The molecule has 0 aromatic heterocycles. The van der Waals surface area contributed by atoms with Gasteiger partial charge in [0, 0.05) is 31.2 Å². The molecule has 0 amide bonds. The molecule has 0 saturated carbocycles. The van der Waals surface area contributed by atoms with Gasteiger partial charge in [0.15, 0.2) is 9.84 Å². The molecule has 112 valence electrons. The first-order valence-corrected chi connectivity index (χ1v) is 8.57. The maximum absolute atomic E-state index is 11.6. The van der Waals surface area contributed by atoms with E-state index in [-0.39, 0.29) is 17.5 Å². The van der Waals surface area contributed by atoms with Gasteiger partial charge in [0.25, 0.3) is 0 Å². The van der Waals surface area contributed by atoms with Crippen molar-refractivity contribution in [1.29, 1.82) is 0 Å². The first-order valence-electron chi connectivity index (χ1n) is 6.75. The smallest absolute Gasteiger partial charge is 0.153 e. The number of methoxy groups -OCH3 is 1. The molecule has 5 nitrogen and oxygen atoms in total. The molecule has 0 bridgehead atoms. The molecule has 1 atom stereocenters. The third-order valence-electron chi connectivity index (χ3n) is 3.76. The summed E-state index contributed by atoms with van der Waals surface area (Å²) in [6.07, 6.45) is 0. The molecule has 1 aromatic carbocycles. The fourth-order valence-electron chi connectivity index (χ4n) is 2.59. The molecule has 1 unspecified atom stereocenters. The minimum Gasteiger partial charge on any atom is -0.496 e. The Morgan fingerprint density at radius 1 is 1.45 bits per heavy atom. The van der Waals surface area contributed by atoms with Gasteiger partial charge in [-0.15, -0.1) is 0 Å². The number of benzene rings is 1. The van der Waals surface area contributed by atoms with Crippen LogP contribution < -0.4 is 10.5 Å². The summed E-state index contributed by atoms with van der Waals surface area (Å²) in [6.45, 7) is 3.73. The lowest BCUT2D eigenvalue weighted by atomic mass is 10.1. The van der Waals surface area contributed by atoms with Crippen LogP contribution in [-0.2, 0) is 22.9 Å². The summed E-state index contributed by atoms with van der Waals surface area (Å²) < 4.78 is 28.4. The number of hydrogen-bond donors (Lipinski definition) is 1. The van der Waals surface area contributed by atoms with Crippen molar-refractivity contribution in [2.45, 2.75) is 26.1 Å². The molecular weight excluding hydrogens is 276 g/mol. The molecule has 20 heavy (non-hydrogen) atoms. The van der Waals surface area contributed by atoms with Gasteiger partial charge in [-0.25, -0.2) is 8.42 Å². The van der Waals surface area contributed by atoms with E-state index in [9.17, 15) is 8.42 Å². The number of nitrogens with two attached hydrogens (primary N) is 1. The predicted molar refractivity (Wildman–Crippen MR) is 79.4 cm³/mol. The van der Waals surface area contributed by atoms with Crippen LogP contribution in [0.4, 0.5) is 0 Å². The fraction of sp³-hybridized carbons (Fsp3) is 0.571. The molecule has 2 N–H and O–H groups in total. The van der Waals surface area contributed by atoms with E-state index in [1.165, 1.54) is 0 Å². The van der Waals surface area contributed by atoms with E-state index >= 15 is 0 Å². The second-order valence-corrected chi connectivity index (χ2v) is 7.51. The van der Waals surface area contributed by atoms with Gasteiger partial charge >= 0.3 is 0 Å². The van der Waals surface area contributed by atoms with Crippen LogP contribution in [-0.4, -0.2) is 44.5 Å². The van der Waals surface area contributed by atoms with Gasteiger partial charge in [-0.3, -0.25) is 4.90 Å². The fourth-order valence-corrected chi connectivity index (χ4v) is 4.22. The van der Waals surface area contributed by atoms with Crippen LogP contribution in [0, 0.1) is 0 Å². The summed E-state index contributed by atoms with van der Waals surface area (Å²) in [5.74, 6) is 1.29. The Bertz CT molecular complexity index is 572. The summed E-state index contributed by atoms with van der Waals surface area (Å²) in [6, 6.07) is 6.02.